The Morgan fingerprint density at radius 2 is 2.03 bits per heavy atom. The minimum Gasteiger partial charge on any atom is -0.358 e. The van der Waals surface area contributed by atoms with Crippen LogP contribution in [0.2, 0.25) is 0 Å². The molecule has 0 saturated carbocycles. The summed E-state index contributed by atoms with van der Waals surface area (Å²) < 4.78 is 1.71. The second-order valence-electron chi connectivity index (χ2n) is 7.59. The Bertz CT molecular complexity index is 1160. The third-order valence-electron chi connectivity index (χ3n) is 5.45. The lowest BCUT2D eigenvalue weighted by atomic mass is 9.97. The molecule has 29 heavy (non-hydrogen) atoms. The van der Waals surface area contributed by atoms with Crippen LogP contribution in [0.4, 0.5) is 0 Å². The zero-order chi connectivity index (χ0) is 20.7. The summed E-state index contributed by atoms with van der Waals surface area (Å²) in [5, 5.41) is 3.67. The molecule has 1 aliphatic rings. The number of nitrogens with one attached hydrogen (secondary N) is 1. The van der Waals surface area contributed by atoms with Crippen molar-refractivity contribution in [1.82, 2.24) is 14.9 Å². The molecule has 5 nitrogen and oxygen atoms in total. The first-order chi connectivity index (χ1) is 13.9. The van der Waals surface area contributed by atoms with Gasteiger partial charge in [-0.1, -0.05) is 29.5 Å². The number of thioether (sulfide) groups is 1. The Balaban J connectivity index is 1.99. The molecular formula is C22H25N3O2S2. The molecule has 7 heteroatoms. The summed E-state index contributed by atoms with van der Waals surface area (Å²) >= 11 is 2.97. The van der Waals surface area contributed by atoms with E-state index >= 15 is 0 Å². The maximum atomic E-state index is 13.8. The molecule has 0 fully saturated rings. The number of hydrogen-bond acceptors (Lipinski definition) is 5. The highest BCUT2D eigenvalue weighted by molar-refractivity contribution is 8.00. The normalized spacial score (nSPS) is 14.6. The number of aryl methyl sites for hydroxylation is 4. The fourth-order valence-electron chi connectivity index (χ4n) is 3.95. The van der Waals surface area contributed by atoms with Gasteiger partial charge in [0.2, 0.25) is 5.91 Å². The number of benzene rings is 1. The van der Waals surface area contributed by atoms with E-state index in [1.54, 1.807) is 23.0 Å². The zero-order valence-electron chi connectivity index (χ0n) is 17.2. The highest BCUT2D eigenvalue weighted by Crippen LogP contribution is 2.36. The largest absolute Gasteiger partial charge is 0.358 e. The Kier molecular flexibility index (Phi) is 5.53. The van der Waals surface area contributed by atoms with Gasteiger partial charge in [0.05, 0.1) is 16.3 Å². The van der Waals surface area contributed by atoms with Crippen molar-refractivity contribution in [2.45, 2.75) is 56.9 Å². The van der Waals surface area contributed by atoms with Gasteiger partial charge in [0.25, 0.3) is 5.56 Å². The third-order valence-corrected chi connectivity index (χ3v) is 7.69. The van der Waals surface area contributed by atoms with Crippen molar-refractivity contribution in [3.05, 3.63) is 50.1 Å². The fourth-order valence-corrected chi connectivity index (χ4v) is 6.23. The van der Waals surface area contributed by atoms with Crippen molar-refractivity contribution in [3.63, 3.8) is 0 Å². The number of fused-ring (bicyclic) bond motifs is 3. The first-order valence-corrected chi connectivity index (χ1v) is 11.6. The smallest absolute Gasteiger partial charge is 0.267 e. The van der Waals surface area contributed by atoms with Crippen LogP contribution in [0, 0.1) is 13.8 Å². The van der Waals surface area contributed by atoms with Gasteiger partial charge < -0.3 is 5.32 Å². The number of rotatable bonds is 4. The fraction of sp³-hybridized carbons (Fsp3) is 0.409. The molecule has 1 aromatic carbocycles. The minimum absolute atomic E-state index is 0.0204. The van der Waals surface area contributed by atoms with Crippen LogP contribution in [0.5, 0.6) is 0 Å². The summed E-state index contributed by atoms with van der Waals surface area (Å²) in [4.78, 5) is 32.9. The van der Waals surface area contributed by atoms with Gasteiger partial charge in [0.15, 0.2) is 5.16 Å². The highest BCUT2D eigenvalue weighted by Gasteiger charge is 2.25. The molecule has 1 atom stereocenters. The molecule has 1 unspecified atom stereocenters. The predicted molar refractivity (Wildman–Crippen MR) is 121 cm³/mol. The van der Waals surface area contributed by atoms with Gasteiger partial charge in [-0.15, -0.1) is 11.3 Å². The molecule has 1 N–H and O–H groups in total. The number of carbonyl (C=O) groups excluding carboxylic acids is 1. The number of hydrogen-bond donors (Lipinski definition) is 1. The van der Waals surface area contributed by atoms with E-state index in [1.165, 1.54) is 28.6 Å². The van der Waals surface area contributed by atoms with E-state index in [9.17, 15) is 9.59 Å². The van der Waals surface area contributed by atoms with Crippen LogP contribution < -0.4 is 10.9 Å². The molecule has 152 valence electrons. The van der Waals surface area contributed by atoms with Crippen LogP contribution in [0.25, 0.3) is 15.9 Å². The molecule has 0 radical (unpaired) electrons. The topological polar surface area (TPSA) is 64.0 Å². The van der Waals surface area contributed by atoms with E-state index in [1.807, 2.05) is 32.9 Å². The Hall–Kier alpha value is -2.12. The molecule has 0 bridgehead atoms. The van der Waals surface area contributed by atoms with Crippen molar-refractivity contribution in [3.8, 4) is 5.69 Å². The first-order valence-electron chi connectivity index (χ1n) is 9.94. The van der Waals surface area contributed by atoms with E-state index < -0.39 is 0 Å². The van der Waals surface area contributed by atoms with Crippen molar-refractivity contribution in [1.29, 1.82) is 0 Å². The number of aromatic nitrogens is 2. The van der Waals surface area contributed by atoms with Crippen molar-refractivity contribution in [2.75, 3.05) is 7.05 Å². The average Bonchev–Trinajstić information content (AvgIpc) is 3.07. The molecule has 0 aliphatic heterocycles. The van der Waals surface area contributed by atoms with Gasteiger partial charge in [-0.25, -0.2) is 4.98 Å². The quantitative estimate of drug-likeness (QED) is 0.501. The summed E-state index contributed by atoms with van der Waals surface area (Å²) in [7, 11) is 1.63. The van der Waals surface area contributed by atoms with Crippen LogP contribution in [0.15, 0.2) is 28.2 Å². The average molecular weight is 428 g/mol. The number of thiophene rings is 1. The van der Waals surface area contributed by atoms with Crippen molar-refractivity contribution < 1.29 is 4.79 Å². The molecule has 4 rings (SSSR count). The number of nitrogens with zero attached hydrogens (tertiary/aromatic N) is 2. The van der Waals surface area contributed by atoms with Crippen molar-refractivity contribution >= 4 is 39.2 Å². The molecule has 0 spiro atoms. The second kappa shape index (κ2) is 7.95. The van der Waals surface area contributed by atoms with E-state index in [4.69, 9.17) is 4.98 Å². The van der Waals surface area contributed by atoms with E-state index in [-0.39, 0.29) is 16.7 Å². The van der Waals surface area contributed by atoms with Crippen molar-refractivity contribution in [2.24, 2.45) is 0 Å². The third kappa shape index (κ3) is 3.62. The van der Waals surface area contributed by atoms with E-state index in [0.29, 0.717) is 5.16 Å². The summed E-state index contributed by atoms with van der Waals surface area (Å²) in [6.45, 7) is 5.89. The Morgan fingerprint density at radius 1 is 1.28 bits per heavy atom. The van der Waals surface area contributed by atoms with Crippen LogP contribution in [0.1, 0.15) is 41.3 Å². The minimum atomic E-state index is -0.351. The van der Waals surface area contributed by atoms with Gasteiger partial charge in [-0.2, -0.15) is 0 Å². The van der Waals surface area contributed by atoms with E-state index in [0.717, 1.165) is 46.3 Å². The van der Waals surface area contributed by atoms with Crippen LogP contribution in [-0.4, -0.2) is 27.8 Å². The van der Waals surface area contributed by atoms with Gasteiger partial charge in [0.1, 0.15) is 4.83 Å². The lowest BCUT2D eigenvalue weighted by Crippen LogP contribution is -2.29. The van der Waals surface area contributed by atoms with Gasteiger partial charge in [0, 0.05) is 11.9 Å². The predicted octanol–water partition coefficient (Wildman–Crippen LogP) is 4.17. The molecule has 2 aromatic heterocycles. The molecule has 3 aromatic rings. The second-order valence-corrected chi connectivity index (χ2v) is 9.98. The van der Waals surface area contributed by atoms with Gasteiger partial charge in [-0.3, -0.25) is 14.2 Å². The lowest BCUT2D eigenvalue weighted by Gasteiger charge is -2.17. The van der Waals surface area contributed by atoms with Crippen LogP contribution >= 0.6 is 23.1 Å². The standard InChI is InChI=1S/C22H25N3O2S2/c1-12-9-10-16(13(2)11-12)25-21(27)18-15-7-5-6-8-17(15)29-20(18)24-22(25)28-14(3)19(26)23-4/h9-11,14H,5-8H2,1-4H3,(H,23,26). The van der Waals surface area contributed by atoms with Crippen LogP contribution in [-0.2, 0) is 17.6 Å². The monoisotopic (exact) mass is 427 g/mol. The van der Waals surface area contributed by atoms with Gasteiger partial charge >= 0.3 is 0 Å². The molecule has 1 aliphatic carbocycles. The maximum absolute atomic E-state index is 13.8. The number of amides is 1. The van der Waals surface area contributed by atoms with Crippen LogP contribution in [0.3, 0.4) is 0 Å². The molecule has 2 heterocycles. The molecule has 0 saturated heterocycles. The first kappa shape index (κ1) is 20.2. The lowest BCUT2D eigenvalue weighted by molar-refractivity contribution is -0.119. The summed E-state index contributed by atoms with van der Waals surface area (Å²) in [6.07, 6.45) is 4.25. The summed E-state index contributed by atoms with van der Waals surface area (Å²) in [6, 6.07) is 6.07. The maximum Gasteiger partial charge on any atom is 0.267 e. The Morgan fingerprint density at radius 3 is 2.76 bits per heavy atom. The summed E-state index contributed by atoms with van der Waals surface area (Å²) in [5.74, 6) is -0.0815. The van der Waals surface area contributed by atoms with Gasteiger partial charge in [-0.05, 0) is 63.6 Å². The molecular weight excluding hydrogens is 402 g/mol. The zero-order valence-corrected chi connectivity index (χ0v) is 18.8. The summed E-state index contributed by atoms with van der Waals surface area (Å²) in [5.41, 5.74) is 4.16. The SMILES string of the molecule is CNC(=O)C(C)Sc1nc2sc3c(c2c(=O)n1-c1ccc(C)cc1C)CCCC3. The Labute approximate surface area is 178 Å². The molecule has 1 amide bonds. The number of carbonyl (C=O) groups is 1. The highest BCUT2D eigenvalue weighted by atomic mass is 32.2. The van der Waals surface area contributed by atoms with E-state index in [2.05, 4.69) is 11.4 Å².